The van der Waals surface area contributed by atoms with Gasteiger partial charge in [-0.2, -0.15) is 0 Å². The molecule has 0 aliphatic rings. The summed E-state index contributed by atoms with van der Waals surface area (Å²) in [6, 6.07) is 10.3. The van der Waals surface area contributed by atoms with Gasteiger partial charge in [-0.1, -0.05) is 12.2 Å². The number of anilines is 2. The van der Waals surface area contributed by atoms with Crippen molar-refractivity contribution >= 4 is 34.6 Å². The summed E-state index contributed by atoms with van der Waals surface area (Å²) >= 11 is 4.96. The van der Waals surface area contributed by atoms with Gasteiger partial charge in [0.15, 0.2) is 0 Å². The van der Waals surface area contributed by atoms with E-state index in [2.05, 4.69) is 10.3 Å². The topological polar surface area (TPSA) is 94.0 Å². The zero-order valence-electron chi connectivity index (χ0n) is 9.96. The van der Waals surface area contributed by atoms with E-state index in [1.807, 2.05) is 0 Å². The molecular weight excluding hydrogens is 260 g/mol. The number of rotatable bonds is 4. The van der Waals surface area contributed by atoms with Gasteiger partial charge in [0.05, 0.1) is 5.56 Å². The molecule has 0 unspecified atom stereocenters. The molecule has 0 saturated heterocycles. The van der Waals surface area contributed by atoms with Crippen LogP contribution >= 0.6 is 12.2 Å². The predicted octanol–water partition coefficient (Wildman–Crippen LogP) is 1.56. The van der Waals surface area contributed by atoms with Gasteiger partial charge in [-0.25, -0.2) is 4.98 Å². The number of nitrogens with zero attached hydrogens (tertiary/aromatic N) is 1. The van der Waals surface area contributed by atoms with Gasteiger partial charge in [0.1, 0.15) is 10.8 Å². The van der Waals surface area contributed by atoms with Crippen LogP contribution in [-0.4, -0.2) is 15.9 Å². The van der Waals surface area contributed by atoms with Crippen LogP contribution in [0.2, 0.25) is 0 Å². The van der Waals surface area contributed by atoms with Crippen LogP contribution in [0.3, 0.4) is 0 Å². The molecule has 2 rings (SSSR count). The maximum absolute atomic E-state index is 11.0. The lowest BCUT2D eigenvalue weighted by Gasteiger charge is -2.09. The highest BCUT2D eigenvalue weighted by molar-refractivity contribution is 7.80. The lowest BCUT2D eigenvalue weighted by molar-refractivity contribution is 0.100. The Bertz CT molecular complexity index is 625. The van der Waals surface area contributed by atoms with Gasteiger partial charge in [0.25, 0.3) is 0 Å². The molecule has 1 heterocycles. The number of nitrogens with two attached hydrogens (primary N) is 2. The van der Waals surface area contributed by atoms with Crippen LogP contribution < -0.4 is 16.8 Å². The number of hydrogen-bond acceptors (Lipinski definition) is 4. The highest BCUT2D eigenvalue weighted by atomic mass is 32.1. The zero-order valence-corrected chi connectivity index (χ0v) is 10.8. The smallest absolute Gasteiger partial charge is 0.248 e. The van der Waals surface area contributed by atoms with E-state index >= 15 is 0 Å². The first-order valence-electron chi connectivity index (χ1n) is 5.49. The molecule has 0 aliphatic heterocycles. The summed E-state index contributed by atoms with van der Waals surface area (Å²) in [5.74, 6) is 0.107. The van der Waals surface area contributed by atoms with E-state index in [1.165, 1.54) is 0 Å². The fourth-order valence-corrected chi connectivity index (χ4v) is 1.72. The summed E-state index contributed by atoms with van der Waals surface area (Å²) in [6.45, 7) is 0. The summed E-state index contributed by atoms with van der Waals surface area (Å²) in [7, 11) is 0. The van der Waals surface area contributed by atoms with Crippen molar-refractivity contribution in [2.24, 2.45) is 11.5 Å². The number of aromatic nitrogens is 1. The molecule has 2 aromatic rings. The Morgan fingerprint density at radius 1 is 1.16 bits per heavy atom. The summed E-state index contributed by atoms with van der Waals surface area (Å²) in [4.78, 5) is 15.4. The summed E-state index contributed by atoms with van der Waals surface area (Å²) < 4.78 is 0. The Morgan fingerprint density at radius 2 is 1.84 bits per heavy atom. The molecule has 0 saturated carbocycles. The van der Waals surface area contributed by atoms with Crippen molar-refractivity contribution in [3.63, 3.8) is 0 Å². The van der Waals surface area contributed by atoms with E-state index in [1.54, 1.807) is 42.6 Å². The lowest BCUT2D eigenvalue weighted by Crippen LogP contribution is -2.13. The normalized spacial score (nSPS) is 9.89. The molecule has 1 aromatic carbocycles. The number of benzene rings is 1. The highest BCUT2D eigenvalue weighted by Crippen LogP contribution is 2.18. The Labute approximate surface area is 115 Å². The van der Waals surface area contributed by atoms with Gasteiger partial charge >= 0.3 is 0 Å². The van der Waals surface area contributed by atoms with Gasteiger partial charge in [-0.3, -0.25) is 4.79 Å². The number of pyridine rings is 1. The fraction of sp³-hybridized carbons (Fsp3) is 0. The second-order valence-corrected chi connectivity index (χ2v) is 4.27. The average Bonchev–Trinajstić information content (AvgIpc) is 2.39. The van der Waals surface area contributed by atoms with Crippen molar-refractivity contribution in [2.45, 2.75) is 0 Å². The van der Waals surface area contributed by atoms with Gasteiger partial charge in [0.2, 0.25) is 5.91 Å². The minimum atomic E-state index is -0.465. The molecular formula is C13H12N4OS. The van der Waals surface area contributed by atoms with Crippen LogP contribution in [0.15, 0.2) is 42.6 Å². The lowest BCUT2D eigenvalue weighted by atomic mass is 10.2. The van der Waals surface area contributed by atoms with Gasteiger partial charge < -0.3 is 16.8 Å². The van der Waals surface area contributed by atoms with Crippen LogP contribution in [-0.2, 0) is 0 Å². The van der Waals surface area contributed by atoms with Crippen molar-refractivity contribution < 1.29 is 4.79 Å². The maximum atomic E-state index is 11.0. The number of primary amides is 1. The molecule has 5 N–H and O–H groups in total. The molecule has 1 amide bonds. The van der Waals surface area contributed by atoms with Crippen molar-refractivity contribution in [3.05, 3.63) is 53.7 Å². The third kappa shape index (κ3) is 3.05. The van der Waals surface area contributed by atoms with Crippen molar-refractivity contribution in [1.29, 1.82) is 0 Å². The largest absolute Gasteiger partial charge is 0.389 e. The second-order valence-electron chi connectivity index (χ2n) is 3.83. The molecule has 0 atom stereocenters. The van der Waals surface area contributed by atoms with E-state index in [4.69, 9.17) is 23.7 Å². The van der Waals surface area contributed by atoms with Gasteiger partial charge in [-0.15, -0.1) is 0 Å². The average molecular weight is 272 g/mol. The Balaban J connectivity index is 2.26. The van der Waals surface area contributed by atoms with Crippen LogP contribution in [0.5, 0.6) is 0 Å². The molecule has 0 fully saturated rings. The number of carbonyl (C=O) groups excluding carboxylic acids is 1. The van der Waals surface area contributed by atoms with Crippen molar-refractivity contribution in [2.75, 3.05) is 5.32 Å². The van der Waals surface area contributed by atoms with Crippen molar-refractivity contribution in [1.82, 2.24) is 4.98 Å². The summed E-state index contributed by atoms with van der Waals surface area (Å²) in [5.41, 5.74) is 12.7. The maximum Gasteiger partial charge on any atom is 0.248 e. The van der Waals surface area contributed by atoms with Crippen LogP contribution in [0, 0.1) is 0 Å². The molecule has 19 heavy (non-hydrogen) atoms. The van der Waals surface area contributed by atoms with Crippen LogP contribution in [0.1, 0.15) is 15.9 Å². The Morgan fingerprint density at radius 3 is 2.42 bits per heavy atom. The quantitative estimate of drug-likeness (QED) is 0.734. The van der Waals surface area contributed by atoms with Gasteiger partial charge in [0, 0.05) is 17.4 Å². The van der Waals surface area contributed by atoms with Crippen LogP contribution in [0.25, 0.3) is 0 Å². The standard InChI is InChI=1S/C13H12N4OS/c14-11(18)8-3-5-9(6-4-8)17-13-10(12(15)19)2-1-7-16-13/h1-7H,(H2,14,18)(H2,15,19)(H,16,17). The van der Waals surface area contributed by atoms with E-state index < -0.39 is 5.91 Å². The van der Waals surface area contributed by atoms with Gasteiger partial charge in [-0.05, 0) is 36.4 Å². The number of amides is 1. The molecule has 1 aromatic heterocycles. The zero-order chi connectivity index (χ0) is 13.8. The number of carbonyl (C=O) groups is 1. The van der Waals surface area contributed by atoms with E-state index in [0.29, 0.717) is 16.9 Å². The predicted molar refractivity (Wildman–Crippen MR) is 78.4 cm³/mol. The van der Waals surface area contributed by atoms with E-state index in [9.17, 15) is 4.79 Å². The SMILES string of the molecule is NC(=O)c1ccc(Nc2ncccc2C(N)=S)cc1. The number of hydrogen-bond donors (Lipinski definition) is 3. The first-order valence-corrected chi connectivity index (χ1v) is 5.90. The second kappa shape index (κ2) is 5.45. The first-order chi connectivity index (χ1) is 9.08. The molecule has 5 nitrogen and oxygen atoms in total. The Hall–Kier alpha value is -2.47. The number of nitrogens with one attached hydrogen (secondary N) is 1. The monoisotopic (exact) mass is 272 g/mol. The number of thiocarbonyl (C=S) groups is 1. The molecule has 0 spiro atoms. The third-order valence-electron chi connectivity index (χ3n) is 2.51. The molecule has 0 radical (unpaired) electrons. The third-order valence-corrected chi connectivity index (χ3v) is 2.73. The van der Waals surface area contributed by atoms with Crippen LogP contribution in [0.4, 0.5) is 11.5 Å². The fourth-order valence-electron chi connectivity index (χ4n) is 1.56. The summed E-state index contributed by atoms with van der Waals surface area (Å²) in [6.07, 6.45) is 1.64. The van der Waals surface area contributed by atoms with E-state index in [-0.39, 0.29) is 4.99 Å². The molecule has 96 valence electrons. The van der Waals surface area contributed by atoms with E-state index in [0.717, 1.165) is 5.69 Å². The minimum absolute atomic E-state index is 0.268. The molecule has 0 aliphatic carbocycles. The Kier molecular flexibility index (Phi) is 3.72. The summed E-state index contributed by atoms with van der Waals surface area (Å²) in [5, 5.41) is 3.09. The highest BCUT2D eigenvalue weighted by Gasteiger charge is 2.06. The first kappa shape index (κ1) is 13.0. The molecule has 6 heteroatoms. The molecule has 0 bridgehead atoms. The minimum Gasteiger partial charge on any atom is -0.389 e. The van der Waals surface area contributed by atoms with Crippen molar-refractivity contribution in [3.8, 4) is 0 Å².